The first-order valence-corrected chi connectivity index (χ1v) is 4.52. The number of hydrogen-bond acceptors (Lipinski definition) is 3. The van der Waals surface area contributed by atoms with Gasteiger partial charge in [-0.05, 0) is 24.6 Å². The number of imide groups is 1. The molecule has 0 aromatic heterocycles. The fourth-order valence-corrected chi connectivity index (χ4v) is 1.60. The second kappa shape index (κ2) is 2.98. The van der Waals surface area contributed by atoms with Gasteiger partial charge >= 0.3 is 6.03 Å². The van der Waals surface area contributed by atoms with Gasteiger partial charge in [0.15, 0.2) is 0 Å². The molecule has 0 saturated carbocycles. The van der Waals surface area contributed by atoms with E-state index in [1.54, 1.807) is 31.2 Å². The Morgan fingerprint density at radius 3 is 2.60 bits per heavy atom. The van der Waals surface area contributed by atoms with Gasteiger partial charge in [0.1, 0.15) is 5.54 Å². The topological polar surface area (TPSA) is 84.2 Å². The molecule has 0 aliphatic carbocycles. The second-order valence-electron chi connectivity index (χ2n) is 3.66. The molecule has 15 heavy (non-hydrogen) atoms. The van der Waals surface area contributed by atoms with Gasteiger partial charge in [-0.25, -0.2) is 4.79 Å². The average molecular weight is 205 g/mol. The number of rotatable bonds is 1. The van der Waals surface area contributed by atoms with Crippen LogP contribution >= 0.6 is 0 Å². The molecule has 1 aliphatic rings. The van der Waals surface area contributed by atoms with Crippen LogP contribution in [-0.4, -0.2) is 11.9 Å². The highest BCUT2D eigenvalue weighted by molar-refractivity contribution is 6.07. The van der Waals surface area contributed by atoms with Gasteiger partial charge in [0.2, 0.25) is 0 Å². The van der Waals surface area contributed by atoms with Gasteiger partial charge in [-0.3, -0.25) is 10.1 Å². The Labute approximate surface area is 86.6 Å². The van der Waals surface area contributed by atoms with E-state index in [9.17, 15) is 9.59 Å². The molecule has 5 heteroatoms. The lowest BCUT2D eigenvalue weighted by atomic mass is 9.92. The summed E-state index contributed by atoms with van der Waals surface area (Å²) in [6.07, 6.45) is 0. The van der Waals surface area contributed by atoms with Crippen molar-refractivity contribution in [2.45, 2.75) is 12.5 Å². The van der Waals surface area contributed by atoms with Crippen molar-refractivity contribution in [3.63, 3.8) is 0 Å². The number of hydrogen-bond donors (Lipinski definition) is 3. The lowest BCUT2D eigenvalue weighted by molar-refractivity contribution is -0.123. The molecule has 0 unspecified atom stereocenters. The van der Waals surface area contributed by atoms with E-state index < -0.39 is 11.6 Å². The minimum atomic E-state index is -1.02. The van der Waals surface area contributed by atoms with Crippen LogP contribution in [0.3, 0.4) is 0 Å². The zero-order chi connectivity index (χ0) is 11.1. The molecule has 1 aliphatic heterocycles. The first kappa shape index (κ1) is 9.51. The third-order valence-electron chi connectivity index (χ3n) is 2.51. The van der Waals surface area contributed by atoms with Crippen LogP contribution in [0, 0.1) is 0 Å². The van der Waals surface area contributed by atoms with Crippen LogP contribution in [0.2, 0.25) is 0 Å². The number of carbonyl (C=O) groups is 2. The van der Waals surface area contributed by atoms with Crippen molar-refractivity contribution in [3.05, 3.63) is 29.8 Å². The number of amides is 3. The van der Waals surface area contributed by atoms with Crippen LogP contribution < -0.4 is 16.4 Å². The van der Waals surface area contributed by atoms with Gasteiger partial charge in [-0.2, -0.15) is 0 Å². The van der Waals surface area contributed by atoms with E-state index in [1.165, 1.54) is 0 Å². The zero-order valence-electron chi connectivity index (χ0n) is 8.20. The van der Waals surface area contributed by atoms with Crippen molar-refractivity contribution in [1.29, 1.82) is 0 Å². The van der Waals surface area contributed by atoms with Crippen LogP contribution in [0.15, 0.2) is 24.3 Å². The molecule has 78 valence electrons. The molecule has 4 N–H and O–H groups in total. The molecule has 1 aromatic rings. The van der Waals surface area contributed by atoms with E-state index in [1.807, 2.05) is 0 Å². The molecule has 1 fully saturated rings. The number of anilines is 1. The quantitative estimate of drug-likeness (QED) is 0.456. The summed E-state index contributed by atoms with van der Waals surface area (Å²) in [5, 5.41) is 4.76. The average Bonchev–Trinajstić information content (AvgIpc) is 2.42. The van der Waals surface area contributed by atoms with Gasteiger partial charge in [-0.1, -0.05) is 12.1 Å². The van der Waals surface area contributed by atoms with E-state index in [-0.39, 0.29) is 5.91 Å². The molecule has 0 spiro atoms. The predicted octanol–water partition coefficient (Wildman–Crippen LogP) is 0.323. The van der Waals surface area contributed by atoms with Crippen LogP contribution in [0.4, 0.5) is 10.5 Å². The third kappa shape index (κ3) is 1.41. The maximum atomic E-state index is 11.6. The van der Waals surface area contributed by atoms with Crippen LogP contribution in [0.5, 0.6) is 0 Å². The van der Waals surface area contributed by atoms with Crippen molar-refractivity contribution >= 4 is 17.6 Å². The van der Waals surface area contributed by atoms with Crippen molar-refractivity contribution in [2.24, 2.45) is 0 Å². The highest BCUT2D eigenvalue weighted by Crippen LogP contribution is 2.25. The minimum absolute atomic E-state index is 0.363. The van der Waals surface area contributed by atoms with E-state index in [4.69, 9.17) is 5.73 Å². The molecule has 1 atom stereocenters. The smallest absolute Gasteiger partial charge is 0.322 e. The zero-order valence-corrected chi connectivity index (χ0v) is 8.20. The van der Waals surface area contributed by atoms with Gasteiger partial charge < -0.3 is 11.1 Å². The molecule has 3 amide bonds. The molecular weight excluding hydrogens is 194 g/mol. The number of nitrogens with one attached hydrogen (secondary N) is 2. The largest absolute Gasteiger partial charge is 0.399 e. The Morgan fingerprint density at radius 2 is 2.07 bits per heavy atom. The highest BCUT2D eigenvalue weighted by atomic mass is 16.2. The maximum absolute atomic E-state index is 11.6. The standard InChI is InChI=1S/C10H11N3O2/c1-10(8(14)12-9(15)13-10)6-3-2-4-7(11)5-6/h2-5H,11H2,1H3,(H2,12,13,14,15)/t10-/m0/s1. The Kier molecular flexibility index (Phi) is 1.89. The molecule has 1 heterocycles. The summed E-state index contributed by atoms with van der Waals surface area (Å²) in [5.74, 6) is -0.363. The molecule has 1 aromatic carbocycles. The summed E-state index contributed by atoms with van der Waals surface area (Å²) in [5.41, 5.74) is 5.83. The molecular formula is C10H11N3O2. The number of nitrogen functional groups attached to an aromatic ring is 1. The summed E-state index contributed by atoms with van der Waals surface area (Å²) >= 11 is 0. The summed E-state index contributed by atoms with van der Waals surface area (Å²) in [6, 6.07) is 6.41. The highest BCUT2D eigenvalue weighted by Gasteiger charge is 2.43. The summed E-state index contributed by atoms with van der Waals surface area (Å²) in [7, 11) is 0. The first-order valence-electron chi connectivity index (χ1n) is 4.52. The fourth-order valence-electron chi connectivity index (χ4n) is 1.60. The minimum Gasteiger partial charge on any atom is -0.399 e. The third-order valence-corrected chi connectivity index (χ3v) is 2.51. The number of urea groups is 1. The maximum Gasteiger partial charge on any atom is 0.322 e. The normalized spacial score (nSPS) is 24.9. The predicted molar refractivity (Wildman–Crippen MR) is 54.9 cm³/mol. The van der Waals surface area contributed by atoms with Gasteiger partial charge in [0.25, 0.3) is 5.91 Å². The molecule has 5 nitrogen and oxygen atoms in total. The lowest BCUT2D eigenvalue weighted by Crippen LogP contribution is -2.40. The SMILES string of the molecule is C[C@@]1(c2cccc(N)c2)NC(=O)NC1=O. The van der Waals surface area contributed by atoms with Crippen LogP contribution in [-0.2, 0) is 10.3 Å². The van der Waals surface area contributed by atoms with Crippen molar-refractivity contribution in [1.82, 2.24) is 10.6 Å². The van der Waals surface area contributed by atoms with Crippen LogP contribution in [0.25, 0.3) is 0 Å². The molecule has 1 saturated heterocycles. The van der Waals surface area contributed by atoms with Crippen molar-refractivity contribution < 1.29 is 9.59 Å². The monoisotopic (exact) mass is 205 g/mol. The Bertz CT molecular complexity index is 444. The Hall–Kier alpha value is -2.04. The number of benzene rings is 1. The summed E-state index contributed by atoms with van der Waals surface area (Å²) in [4.78, 5) is 22.6. The van der Waals surface area contributed by atoms with Crippen molar-refractivity contribution in [3.8, 4) is 0 Å². The van der Waals surface area contributed by atoms with E-state index >= 15 is 0 Å². The van der Waals surface area contributed by atoms with E-state index in [0.717, 1.165) is 0 Å². The molecule has 0 radical (unpaired) electrons. The summed E-state index contributed by atoms with van der Waals surface area (Å²) < 4.78 is 0. The summed E-state index contributed by atoms with van der Waals surface area (Å²) in [6.45, 7) is 1.64. The second-order valence-corrected chi connectivity index (χ2v) is 3.66. The number of nitrogens with two attached hydrogens (primary N) is 1. The Balaban J connectivity index is 2.46. The van der Waals surface area contributed by atoms with Crippen LogP contribution in [0.1, 0.15) is 12.5 Å². The molecule has 0 bridgehead atoms. The van der Waals surface area contributed by atoms with Gasteiger partial charge in [0, 0.05) is 5.69 Å². The lowest BCUT2D eigenvalue weighted by Gasteiger charge is -2.21. The number of carbonyl (C=O) groups excluding carboxylic acids is 2. The Morgan fingerprint density at radius 1 is 1.33 bits per heavy atom. The fraction of sp³-hybridized carbons (Fsp3) is 0.200. The van der Waals surface area contributed by atoms with Crippen molar-refractivity contribution in [2.75, 3.05) is 5.73 Å². The van der Waals surface area contributed by atoms with Gasteiger partial charge in [0.05, 0.1) is 0 Å². The van der Waals surface area contributed by atoms with E-state index in [2.05, 4.69) is 10.6 Å². The van der Waals surface area contributed by atoms with E-state index in [0.29, 0.717) is 11.3 Å². The first-order chi connectivity index (χ1) is 7.02. The molecule has 2 rings (SSSR count). The van der Waals surface area contributed by atoms with Gasteiger partial charge in [-0.15, -0.1) is 0 Å².